The summed E-state index contributed by atoms with van der Waals surface area (Å²) in [5.74, 6) is 0. The summed E-state index contributed by atoms with van der Waals surface area (Å²) in [7, 11) is 0. The van der Waals surface area contributed by atoms with Crippen LogP contribution in [0.2, 0.25) is 5.02 Å². The van der Waals surface area contributed by atoms with Crippen molar-refractivity contribution in [2.45, 2.75) is 24.9 Å². The average Bonchev–Trinajstić information content (AvgIpc) is 3.24. The monoisotopic (exact) mass is 378 g/mol. The maximum atomic E-state index is 13.4. The van der Waals surface area contributed by atoms with Crippen LogP contribution < -0.4 is 0 Å². The minimum Gasteiger partial charge on any atom is -0.359 e. The van der Waals surface area contributed by atoms with E-state index >= 15 is 0 Å². The van der Waals surface area contributed by atoms with Crippen molar-refractivity contribution >= 4 is 11.6 Å². The van der Waals surface area contributed by atoms with Crippen LogP contribution in [0.1, 0.15) is 22.3 Å². The minimum absolute atomic E-state index is 0.109. The fraction of sp³-hybridized carbons (Fsp3) is 0.211. The molecule has 1 aliphatic heterocycles. The van der Waals surface area contributed by atoms with E-state index < -0.39 is 17.3 Å². The smallest absolute Gasteiger partial charge is 0.359 e. The van der Waals surface area contributed by atoms with Crippen LogP contribution in [-0.2, 0) is 29.7 Å². The summed E-state index contributed by atoms with van der Waals surface area (Å²) < 4.78 is 48.2. The molecule has 2 heterocycles. The molecular formula is C19H14ClF3N2O. The van der Waals surface area contributed by atoms with Crippen molar-refractivity contribution in [2.75, 3.05) is 0 Å². The quantitative estimate of drug-likeness (QED) is 0.639. The van der Waals surface area contributed by atoms with E-state index in [9.17, 15) is 13.2 Å². The first-order valence-corrected chi connectivity index (χ1v) is 8.33. The van der Waals surface area contributed by atoms with Crippen molar-refractivity contribution in [2.24, 2.45) is 0 Å². The first kappa shape index (κ1) is 17.1. The molecular weight excluding hydrogens is 365 g/mol. The van der Waals surface area contributed by atoms with Gasteiger partial charge in [0, 0.05) is 17.4 Å². The van der Waals surface area contributed by atoms with E-state index in [2.05, 4.69) is 4.98 Å². The lowest BCUT2D eigenvalue weighted by molar-refractivity contribution is -0.138. The van der Waals surface area contributed by atoms with Gasteiger partial charge in [-0.05, 0) is 34.9 Å². The highest BCUT2D eigenvalue weighted by Crippen LogP contribution is 2.47. The first-order chi connectivity index (χ1) is 12.4. The second kappa shape index (κ2) is 6.14. The minimum atomic E-state index is -4.43. The number of hydrogen-bond donors (Lipinski definition) is 0. The molecule has 0 bridgehead atoms. The Balaban J connectivity index is 1.91. The van der Waals surface area contributed by atoms with E-state index in [1.807, 2.05) is 0 Å². The number of aromatic nitrogens is 2. The summed E-state index contributed by atoms with van der Waals surface area (Å²) in [5.41, 5.74) is -0.259. The van der Waals surface area contributed by atoms with Crippen LogP contribution >= 0.6 is 11.6 Å². The molecule has 3 nitrogen and oxygen atoms in total. The van der Waals surface area contributed by atoms with E-state index in [0.717, 1.165) is 11.6 Å². The van der Waals surface area contributed by atoms with Crippen molar-refractivity contribution in [3.8, 4) is 0 Å². The van der Waals surface area contributed by atoms with Gasteiger partial charge < -0.3 is 9.30 Å². The second-order valence-electron chi connectivity index (χ2n) is 6.19. The molecule has 0 saturated heterocycles. The zero-order valence-electron chi connectivity index (χ0n) is 13.5. The van der Waals surface area contributed by atoms with Crippen LogP contribution in [-0.4, -0.2) is 9.55 Å². The summed E-state index contributed by atoms with van der Waals surface area (Å²) in [6.07, 6.45) is 0.566. The Morgan fingerprint density at radius 2 is 1.92 bits per heavy atom. The Morgan fingerprint density at radius 1 is 1.15 bits per heavy atom. The largest absolute Gasteiger partial charge is 0.416 e. The molecule has 7 heteroatoms. The van der Waals surface area contributed by atoms with Gasteiger partial charge in [-0.2, -0.15) is 13.2 Å². The van der Waals surface area contributed by atoms with E-state index in [0.29, 0.717) is 17.1 Å². The van der Waals surface area contributed by atoms with E-state index in [4.69, 9.17) is 16.3 Å². The van der Waals surface area contributed by atoms with Crippen molar-refractivity contribution < 1.29 is 17.9 Å². The molecule has 0 aliphatic carbocycles. The van der Waals surface area contributed by atoms with Crippen molar-refractivity contribution in [1.29, 1.82) is 0 Å². The fourth-order valence-electron chi connectivity index (χ4n) is 3.48. The highest BCUT2D eigenvalue weighted by molar-refractivity contribution is 6.30. The van der Waals surface area contributed by atoms with Gasteiger partial charge in [-0.15, -0.1) is 0 Å². The summed E-state index contributed by atoms with van der Waals surface area (Å²) in [6.45, 7) is 0.200. The Morgan fingerprint density at radius 3 is 2.58 bits per heavy atom. The fourth-order valence-corrected chi connectivity index (χ4v) is 3.60. The van der Waals surface area contributed by atoms with Crippen LogP contribution in [0.4, 0.5) is 13.2 Å². The molecule has 2 aromatic carbocycles. The number of hydrogen-bond acceptors (Lipinski definition) is 2. The predicted octanol–water partition coefficient (Wildman–Crippen LogP) is 5.03. The summed E-state index contributed by atoms with van der Waals surface area (Å²) in [5, 5.41) is 0.550. The summed E-state index contributed by atoms with van der Waals surface area (Å²) in [4.78, 5) is 4.02. The number of fused-ring (bicyclic) bond motifs is 1. The molecule has 1 aliphatic rings. The number of rotatable bonds is 3. The topological polar surface area (TPSA) is 27.1 Å². The lowest BCUT2D eigenvalue weighted by atomic mass is 9.84. The van der Waals surface area contributed by atoms with E-state index in [-0.39, 0.29) is 12.2 Å². The molecule has 1 atom stereocenters. The van der Waals surface area contributed by atoms with Gasteiger partial charge in [-0.3, -0.25) is 0 Å². The Hall–Kier alpha value is -2.31. The van der Waals surface area contributed by atoms with Gasteiger partial charge in [0.1, 0.15) is 5.60 Å². The number of ether oxygens (including phenoxy) is 1. The molecule has 0 spiro atoms. The molecule has 0 fully saturated rings. The molecule has 3 aromatic rings. The van der Waals surface area contributed by atoms with Crippen LogP contribution in [0.25, 0.3) is 0 Å². The third-order valence-corrected chi connectivity index (χ3v) is 4.91. The molecule has 0 saturated carbocycles. The van der Waals surface area contributed by atoms with Gasteiger partial charge >= 0.3 is 6.18 Å². The Kier molecular flexibility index (Phi) is 4.04. The maximum Gasteiger partial charge on any atom is 0.416 e. The first-order valence-electron chi connectivity index (χ1n) is 7.95. The van der Waals surface area contributed by atoms with E-state index in [1.165, 1.54) is 6.07 Å². The Labute approximate surface area is 153 Å². The highest BCUT2D eigenvalue weighted by Gasteiger charge is 2.46. The number of nitrogens with zero attached hydrogens (tertiary/aromatic N) is 2. The summed E-state index contributed by atoms with van der Waals surface area (Å²) in [6, 6.07) is 11.2. The van der Waals surface area contributed by atoms with Gasteiger partial charge in [0.25, 0.3) is 0 Å². The van der Waals surface area contributed by atoms with Gasteiger partial charge in [0.2, 0.25) is 0 Å². The van der Waals surface area contributed by atoms with Crippen LogP contribution in [0.3, 0.4) is 0 Å². The van der Waals surface area contributed by atoms with Crippen LogP contribution in [0, 0.1) is 0 Å². The number of halogens is 4. The molecule has 1 unspecified atom stereocenters. The van der Waals surface area contributed by atoms with Crippen molar-refractivity contribution in [3.63, 3.8) is 0 Å². The number of imidazole rings is 1. The van der Waals surface area contributed by atoms with Crippen molar-refractivity contribution in [1.82, 2.24) is 9.55 Å². The Bertz CT molecular complexity index is 923. The third kappa shape index (κ3) is 2.79. The highest BCUT2D eigenvalue weighted by atomic mass is 35.5. The molecule has 0 amide bonds. The lowest BCUT2D eigenvalue weighted by Gasteiger charge is -2.31. The second-order valence-corrected chi connectivity index (χ2v) is 6.62. The molecule has 1 aromatic heterocycles. The van der Waals surface area contributed by atoms with Crippen molar-refractivity contribution in [3.05, 3.63) is 88.5 Å². The molecule has 134 valence electrons. The van der Waals surface area contributed by atoms with Gasteiger partial charge in [-0.1, -0.05) is 35.9 Å². The molecule has 4 rings (SSSR count). The van der Waals surface area contributed by atoms with Crippen LogP contribution in [0.15, 0.2) is 61.2 Å². The van der Waals surface area contributed by atoms with Gasteiger partial charge in [0.15, 0.2) is 0 Å². The standard InChI is InChI=1S/C19H14ClF3N2O/c20-14-6-4-13(5-7-14)18(11-25-9-8-24-12-25)16-2-1-3-17(19(21,22)23)15(16)10-26-18/h1-9,12H,10-11H2. The number of benzene rings is 2. The molecule has 0 N–H and O–H groups in total. The SMILES string of the molecule is FC(F)(F)c1cccc2c1COC2(Cn1ccnc1)c1ccc(Cl)cc1. The zero-order valence-corrected chi connectivity index (χ0v) is 14.3. The van der Waals surface area contributed by atoms with Gasteiger partial charge in [0.05, 0.1) is 25.0 Å². The van der Waals surface area contributed by atoms with E-state index in [1.54, 1.807) is 53.6 Å². The maximum absolute atomic E-state index is 13.4. The predicted molar refractivity (Wildman–Crippen MR) is 90.7 cm³/mol. The average molecular weight is 379 g/mol. The lowest BCUT2D eigenvalue weighted by Crippen LogP contribution is -2.32. The number of alkyl halides is 3. The third-order valence-electron chi connectivity index (χ3n) is 4.65. The van der Waals surface area contributed by atoms with Crippen LogP contribution in [0.5, 0.6) is 0 Å². The molecule has 26 heavy (non-hydrogen) atoms. The normalized spacial score (nSPS) is 19.5. The molecule has 0 radical (unpaired) electrons. The summed E-state index contributed by atoms with van der Waals surface area (Å²) >= 11 is 5.99. The zero-order chi connectivity index (χ0) is 18.4. The van der Waals surface area contributed by atoms with Gasteiger partial charge in [-0.25, -0.2) is 4.98 Å².